The van der Waals surface area contributed by atoms with Crippen LogP contribution in [-0.2, 0) is 4.79 Å². The maximum atomic E-state index is 11.8. The lowest BCUT2D eigenvalue weighted by Gasteiger charge is -2.19. The molecule has 0 aliphatic carbocycles. The van der Waals surface area contributed by atoms with E-state index in [2.05, 4.69) is 5.32 Å². The topological polar surface area (TPSA) is 73.6 Å². The third kappa shape index (κ3) is 4.42. The molecule has 1 rings (SSSR count). The summed E-state index contributed by atoms with van der Waals surface area (Å²) < 4.78 is 10.9. The average molecular weight is 280 g/mol. The van der Waals surface area contributed by atoms with Crippen LogP contribution in [0.15, 0.2) is 18.2 Å². The lowest BCUT2D eigenvalue weighted by molar-refractivity contribution is -0.127. The number of carbonyl (C=O) groups excluding carboxylic acids is 1. The second-order valence-corrected chi connectivity index (χ2v) is 5.12. The molecule has 5 nitrogen and oxygen atoms in total. The highest BCUT2D eigenvalue weighted by Gasteiger charge is 2.18. The SMILES string of the molecule is COc1cc([C@H](C)N)ccc1OC(C)C(=O)NC(C)C. The van der Waals surface area contributed by atoms with Crippen LogP contribution in [0.3, 0.4) is 0 Å². The van der Waals surface area contributed by atoms with Crippen LogP contribution >= 0.6 is 0 Å². The van der Waals surface area contributed by atoms with Crippen molar-refractivity contribution in [2.45, 2.75) is 45.9 Å². The summed E-state index contributed by atoms with van der Waals surface area (Å²) >= 11 is 0. The number of hydrogen-bond acceptors (Lipinski definition) is 4. The number of rotatable bonds is 6. The molecule has 0 saturated carbocycles. The molecule has 2 atom stereocenters. The number of hydrogen-bond donors (Lipinski definition) is 2. The van der Waals surface area contributed by atoms with E-state index < -0.39 is 6.10 Å². The summed E-state index contributed by atoms with van der Waals surface area (Å²) in [5.41, 5.74) is 6.78. The van der Waals surface area contributed by atoms with Crippen molar-refractivity contribution in [3.8, 4) is 11.5 Å². The third-order valence-corrected chi connectivity index (χ3v) is 2.82. The van der Waals surface area contributed by atoms with Gasteiger partial charge in [0.1, 0.15) is 0 Å². The minimum Gasteiger partial charge on any atom is -0.493 e. The van der Waals surface area contributed by atoms with Gasteiger partial charge in [-0.3, -0.25) is 4.79 Å². The summed E-state index contributed by atoms with van der Waals surface area (Å²) in [4.78, 5) is 11.8. The summed E-state index contributed by atoms with van der Waals surface area (Å²) in [6.45, 7) is 7.41. The van der Waals surface area contributed by atoms with Crippen molar-refractivity contribution in [2.24, 2.45) is 5.73 Å². The minimum atomic E-state index is -0.590. The predicted octanol–water partition coefficient (Wildman–Crippen LogP) is 2.01. The van der Waals surface area contributed by atoms with E-state index in [0.29, 0.717) is 11.5 Å². The van der Waals surface area contributed by atoms with E-state index in [1.165, 1.54) is 0 Å². The fraction of sp³-hybridized carbons (Fsp3) is 0.533. The van der Waals surface area contributed by atoms with Crippen molar-refractivity contribution in [3.63, 3.8) is 0 Å². The Balaban J connectivity index is 2.84. The lowest BCUT2D eigenvalue weighted by Crippen LogP contribution is -2.40. The number of nitrogens with one attached hydrogen (secondary N) is 1. The molecule has 0 aliphatic rings. The maximum Gasteiger partial charge on any atom is 0.260 e. The number of ether oxygens (including phenoxy) is 2. The molecule has 1 amide bonds. The molecule has 0 saturated heterocycles. The van der Waals surface area contributed by atoms with Gasteiger partial charge in [-0.25, -0.2) is 0 Å². The highest BCUT2D eigenvalue weighted by molar-refractivity contribution is 5.81. The van der Waals surface area contributed by atoms with Crippen LogP contribution in [0.2, 0.25) is 0 Å². The average Bonchev–Trinajstić information content (AvgIpc) is 2.37. The molecule has 112 valence electrons. The first-order valence-corrected chi connectivity index (χ1v) is 6.75. The zero-order valence-electron chi connectivity index (χ0n) is 12.8. The standard InChI is InChI=1S/C15H24N2O3/c1-9(2)17-15(18)11(4)20-13-7-6-12(10(3)16)8-14(13)19-5/h6-11H,16H2,1-5H3,(H,17,18)/t10-,11?/m0/s1. The Morgan fingerprint density at radius 3 is 2.35 bits per heavy atom. The van der Waals surface area contributed by atoms with Crippen molar-refractivity contribution in [3.05, 3.63) is 23.8 Å². The molecule has 1 aromatic rings. The van der Waals surface area contributed by atoms with Gasteiger partial charge >= 0.3 is 0 Å². The number of nitrogens with two attached hydrogens (primary N) is 1. The number of amides is 1. The Kier molecular flexibility index (Phi) is 5.82. The number of benzene rings is 1. The predicted molar refractivity (Wildman–Crippen MR) is 79.0 cm³/mol. The Bertz CT molecular complexity index is 458. The van der Waals surface area contributed by atoms with Crippen LogP contribution in [0, 0.1) is 0 Å². The molecular formula is C15H24N2O3. The van der Waals surface area contributed by atoms with Crippen LogP contribution in [0.4, 0.5) is 0 Å². The van der Waals surface area contributed by atoms with Crippen LogP contribution < -0.4 is 20.5 Å². The Hall–Kier alpha value is -1.75. The molecule has 5 heteroatoms. The van der Waals surface area contributed by atoms with E-state index in [4.69, 9.17) is 15.2 Å². The van der Waals surface area contributed by atoms with E-state index >= 15 is 0 Å². The van der Waals surface area contributed by atoms with Gasteiger partial charge in [0, 0.05) is 12.1 Å². The van der Waals surface area contributed by atoms with E-state index in [-0.39, 0.29) is 18.0 Å². The van der Waals surface area contributed by atoms with Gasteiger partial charge in [0.25, 0.3) is 5.91 Å². The summed E-state index contributed by atoms with van der Waals surface area (Å²) in [5.74, 6) is 0.950. The van der Waals surface area contributed by atoms with E-state index in [0.717, 1.165) is 5.56 Å². The minimum absolute atomic E-state index is 0.0795. The fourth-order valence-corrected chi connectivity index (χ4v) is 1.71. The van der Waals surface area contributed by atoms with Crippen LogP contribution in [0.5, 0.6) is 11.5 Å². The van der Waals surface area contributed by atoms with Crippen LogP contribution in [0.25, 0.3) is 0 Å². The van der Waals surface area contributed by atoms with Gasteiger partial charge in [0.2, 0.25) is 0 Å². The lowest BCUT2D eigenvalue weighted by atomic mass is 10.1. The first kappa shape index (κ1) is 16.3. The quantitative estimate of drug-likeness (QED) is 0.836. The second kappa shape index (κ2) is 7.14. The van der Waals surface area contributed by atoms with Gasteiger partial charge in [-0.2, -0.15) is 0 Å². The zero-order valence-corrected chi connectivity index (χ0v) is 12.8. The zero-order chi connectivity index (χ0) is 15.3. The molecule has 0 radical (unpaired) electrons. The van der Waals surface area contributed by atoms with Gasteiger partial charge in [-0.15, -0.1) is 0 Å². The first-order valence-electron chi connectivity index (χ1n) is 6.75. The second-order valence-electron chi connectivity index (χ2n) is 5.12. The smallest absolute Gasteiger partial charge is 0.260 e. The molecule has 0 fully saturated rings. The van der Waals surface area contributed by atoms with Crippen molar-refractivity contribution in [1.82, 2.24) is 5.32 Å². The van der Waals surface area contributed by atoms with Crippen molar-refractivity contribution < 1.29 is 14.3 Å². The first-order chi connectivity index (χ1) is 9.35. The molecule has 3 N–H and O–H groups in total. The Labute approximate surface area is 120 Å². The fourth-order valence-electron chi connectivity index (χ4n) is 1.71. The summed E-state index contributed by atoms with van der Waals surface area (Å²) in [6.07, 6.45) is -0.590. The van der Waals surface area contributed by atoms with Gasteiger partial charge in [0.05, 0.1) is 7.11 Å². The van der Waals surface area contributed by atoms with E-state index in [9.17, 15) is 4.79 Å². The molecule has 1 aromatic carbocycles. The number of carbonyl (C=O) groups is 1. The van der Waals surface area contributed by atoms with Gasteiger partial charge in [0.15, 0.2) is 17.6 Å². The van der Waals surface area contributed by atoms with Gasteiger partial charge in [-0.05, 0) is 45.4 Å². The highest BCUT2D eigenvalue weighted by Crippen LogP contribution is 2.30. The Morgan fingerprint density at radius 2 is 1.85 bits per heavy atom. The van der Waals surface area contributed by atoms with Crippen molar-refractivity contribution in [2.75, 3.05) is 7.11 Å². The molecular weight excluding hydrogens is 256 g/mol. The largest absolute Gasteiger partial charge is 0.493 e. The highest BCUT2D eigenvalue weighted by atomic mass is 16.5. The van der Waals surface area contributed by atoms with Crippen LogP contribution in [0.1, 0.15) is 39.3 Å². The molecule has 0 heterocycles. The number of methoxy groups -OCH3 is 1. The molecule has 1 unspecified atom stereocenters. The summed E-state index contributed by atoms with van der Waals surface area (Å²) in [6, 6.07) is 5.47. The van der Waals surface area contributed by atoms with Gasteiger partial charge in [-0.1, -0.05) is 6.07 Å². The monoisotopic (exact) mass is 280 g/mol. The van der Waals surface area contributed by atoms with Crippen molar-refractivity contribution in [1.29, 1.82) is 0 Å². The molecule has 0 bridgehead atoms. The molecule has 20 heavy (non-hydrogen) atoms. The molecule has 0 spiro atoms. The van der Waals surface area contributed by atoms with E-state index in [1.54, 1.807) is 20.1 Å². The third-order valence-electron chi connectivity index (χ3n) is 2.82. The molecule has 0 aromatic heterocycles. The normalized spacial score (nSPS) is 13.8. The molecule has 0 aliphatic heterocycles. The Morgan fingerprint density at radius 1 is 1.20 bits per heavy atom. The summed E-state index contributed by atoms with van der Waals surface area (Å²) in [7, 11) is 1.56. The van der Waals surface area contributed by atoms with Crippen LogP contribution in [-0.4, -0.2) is 25.2 Å². The van der Waals surface area contributed by atoms with Gasteiger partial charge < -0.3 is 20.5 Å². The maximum absolute atomic E-state index is 11.8. The van der Waals surface area contributed by atoms with Crippen molar-refractivity contribution >= 4 is 5.91 Å². The van der Waals surface area contributed by atoms with E-state index in [1.807, 2.05) is 32.9 Å². The summed E-state index contributed by atoms with van der Waals surface area (Å²) in [5, 5.41) is 2.81.